The standard InChI is InChI=1S/C14H11N3O/c1-17-14(18)11-7-3-2-6-10(11)13(16-17)12-8-4-5-9-15-12/h2-9H,1H3. The fourth-order valence-corrected chi connectivity index (χ4v) is 1.99. The van der Waals surface area contributed by atoms with E-state index in [1.807, 2.05) is 42.5 Å². The molecule has 2 aromatic heterocycles. The van der Waals surface area contributed by atoms with Gasteiger partial charge < -0.3 is 0 Å². The van der Waals surface area contributed by atoms with Gasteiger partial charge >= 0.3 is 0 Å². The second kappa shape index (κ2) is 4.07. The van der Waals surface area contributed by atoms with Crippen LogP contribution in [0.1, 0.15) is 0 Å². The Labute approximate surface area is 104 Å². The van der Waals surface area contributed by atoms with Crippen LogP contribution < -0.4 is 5.56 Å². The summed E-state index contributed by atoms with van der Waals surface area (Å²) in [4.78, 5) is 16.3. The van der Waals surface area contributed by atoms with Crippen molar-refractivity contribution < 1.29 is 0 Å². The molecule has 18 heavy (non-hydrogen) atoms. The van der Waals surface area contributed by atoms with Gasteiger partial charge in [0.25, 0.3) is 5.56 Å². The molecule has 0 saturated carbocycles. The minimum Gasteiger partial charge on any atom is -0.267 e. The zero-order valence-corrected chi connectivity index (χ0v) is 9.87. The third-order valence-electron chi connectivity index (χ3n) is 2.86. The highest BCUT2D eigenvalue weighted by atomic mass is 16.1. The van der Waals surface area contributed by atoms with Crippen LogP contribution in [0.25, 0.3) is 22.2 Å². The second-order valence-corrected chi connectivity index (χ2v) is 4.04. The molecule has 0 saturated heterocycles. The van der Waals surface area contributed by atoms with Crippen molar-refractivity contribution in [2.75, 3.05) is 0 Å². The van der Waals surface area contributed by atoms with Gasteiger partial charge in [-0.3, -0.25) is 9.78 Å². The lowest BCUT2D eigenvalue weighted by Crippen LogP contribution is -2.20. The summed E-state index contributed by atoms with van der Waals surface area (Å²) in [5, 5.41) is 5.81. The lowest BCUT2D eigenvalue weighted by atomic mass is 10.1. The lowest BCUT2D eigenvalue weighted by Gasteiger charge is -2.06. The normalized spacial score (nSPS) is 10.7. The summed E-state index contributed by atoms with van der Waals surface area (Å²) < 4.78 is 1.35. The fraction of sp³-hybridized carbons (Fsp3) is 0.0714. The van der Waals surface area contributed by atoms with Crippen molar-refractivity contribution in [1.82, 2.24) is 14.8 Å². The molecule has 0 unspecified atom stereocenters. The third kappa shape index (κ3) is 1.59. The van der Waals surface area contributed by atoms with Crippen molar-refractivity contribution in [2.24, 2.45) is 7.05 Å². The van der Waals surface area contributed by atoms with E-state index in [0.717, 1.165) is 16.8 Å². The molecule has 0 N–H and O–H groups in total. The van der Waals surface area contributed by atoms with E-state index in [0.29, 0.717) is 5.39 Å². The van der Waals surface area contributed by atoms with Crippen molar-refractivity contribution in [1.29, 1.82) is 0 Å². The van der Waals surface area contributed by atoms with Crippen molar-refractivity contribution >= 4 is 10.8 Å². The number of aryl methyl sites for hydroxylation is 1. The van der Waals surface area contributed by atoms with Gasteiger partial charge in [0, 0.05) is 18.6 Å². The lowest BCUT2D eigenvalue weighted by molar-refractivity contribution is 0.721. The highest BCUT2D eigenvalue weighted by Crippen LogP contribution is 2.21. The number of aromatic nitrogens is 3. The molecular weight excluding hydrogens is 226 g/mol. The fourth-order valence-electron chi connectivity index (χ4n) is 1.99. The number of fused-ring (bicyclic) bond motifs is 1. The predicted molar refractivity (Wildman–Crippen MR) is 70.2 cm³/mol. The maximum absolute atomic E-state index is 12.0. The molecule has 1 aromatic carbocycles. The Morgan fingerprint density at radius 1 is 1.00 bits per heavy atom. The SMILES string of the molecule is Cn1nc(-c2ccccn2)c2ccccc2c1=O. The largest absolute Gasteiger partial charge is 0.274 e. The Bertz CT molecular complexity index is 763. The summed E-state index contributed by atoms with van der Waals surface area (Å²) in [6.07, 6.45) is 1.72. The Hall–Kier alpha value is -2.49. The highest BCUT2D eigenvalue weighted by molar-refractivity contribution is 5.92. The molecule has 4 heteroatoms. The molecule has 88 valence electrons. The number of nitrogens with zero attached hydrogens (tertiary/aromatic N) is 3. The Morgan fingerprint density at radius 3 is 2.44 bits per heavy atom. The minimum absolute atomic E-state index is 0.0923. The summed E-state index contributed by atoms with van der Waals surface area (Å²) in [7, 11) is 1.65. The third-order valence-corrected chi connectivity index (χ3v) is 2.86. The first kappa shape index (κ1) is 10.7. The van der Waals surface area contributed by atoms with Gasteiger partial charge in [-0.1, -0.05) is 24.3 Å². The topological polar surface area (TPSA) is 47.8 Å². The molecule has 3 aromatic rings. The quantitative estimate of drug-likeness (QED) is 0.650. The van der Waals surface area contributed by atoms with Crippen LogP contribution in [0, 0.1) is 0 Å². The maximum Gasteiger partial charge on any atom is 0.274 e. The average molecular weight is 237 g/mol. The molecule has 2 heterocycles. The van der Waals surface area contributed by atoms with E-state index in [1.165, 1.54) is 4.68 Å². The van der Waals surface area contributed by atoms with Crippen molar-refractivity contribution in [3.8, 4) is 11.4 Å². The van der Waals surface area contributed by atoms with Gasteiger partial charge in [-0.05, 0) is 18.2 Å². The molecule has 0 bridgehead atoms. The zero-order chi connectivity index (χ0) is 12.5. The van der Waals surface area contributed by atoms with Crippen LogP contribution in [0.3, 0.4) is 0 Å². The predicted octanol–water partition coefficient (Wildman–Crippen LogP) is 2.00. The molecular formula is C14H11N3O. The van der Waals surface area contributed by atoms with Gasteiger partial charge in [-0.2, -0.15) is 5.10 Å². The highest BCUT2D eigenvalue weighted by Gasteiger charge is 2.10. The first-order chi connectivity index (χ1) is 8.77. The van der Waals surface area contributed by atoms with E-state index in [1.54, 1.807) is 13.2 Å². The first-order valence-electron chi connectivity index (χ1n) is 5.65. The molecule has 3 rings (SSSR count). The van der Waals surface area contributed by atoms with E-state index in [4.69, 9.17) is 0 Å². The van der Waals surface area contributed by atoms with E-state index < -0.39 is 0 Å². The smallest absolute Gasteiger partial charge is 0.267 e. The van der Waals surface area contributed by atoms with E-state index in [9.17, 15) is 4.79 Å². The Morgan fingerprint density at radius 2 is 1.72 bits per heavy atom. The number of hydrogen-bond acceptors (Lipinski definition) is 3. The van der Waals surface area contributed by atoms with E-state index in [-0.39, 0.29) is 5.56 Å². The summed E-state index contributed by atoms with van der Waals surface area (Å²) in [5.41, 5.74) is 1.41. The maximum atomic E-state index is 12.0. The number of hydrogen-bond donors (Lipinski definition) is 0. The molecule has 0 radical (unpaired) electrons. The van der Waals surface area contributed by atoms with Crippen LogP contribution >= 0.6 is 0 Å². The molecule has 0 amide bonds. The van der Waals surface area contributed by atoms with Gasteiger partial charge in [-0.15, -0.1) is 0 Å². The minimum atomic E-state index is -0.0923. The molecule has 0 spiro atoms. The second-order valence-electron chi connectivity index (χ2n) is 4.04. The molecule has 0 atom stereocenters. The summed E-state index contributed by atoms with van der Waals surface area (Å²) in [6, 6.07) is 13.1. The van der Waals surface area contributed by atoms with Gasteiger partial charge in [0.1, 0.15) is 5.69 Å². The number of pyridine rings is 1. The van der Waals surface area contributed by atoms with Crippen LogP contribution in [0.15, 0.2) is 53.5 Å². The molecule has 4 nitrogen and oxygen atoms in total. The molecule has 0 aliphatic carbocycles. The summed E-state index contributed by atoms with van der Waals surface area (Å²) in [6.45, 7) is 0. The molecule has 0 aliphatic rings. The summed E-state index contributed by atoms with van der Waals surface area (Å²) in [5.74, 6) is 0. The zero-order valence-electron chi connectivity index (χ0n) is 9.87. The van der Waals surface area contributed by atoms with Crippen LogP contribution in [0.5, 0.6) is 0 Å². The van der Waals surface area contributed by atoms with Gasteiger partial charge in [0.2, 0.25) is 0 Å². The molecule has 0 fully saturated rings. The van der Waals surface area contributed by atoms with Crippen LogP contribution in [0.2, 0.25) is 0 Å². The van der Waals surface area contributed by atoms with Gasteiger partial charge in [0.15, 0.2) is 0 Å². The summed E-state index contributed by atoms with van der Waals surface area (Å²) >= 11 is 0. The Kier molecular flexibility index (Phi) is 2.41. The first-order valence-corrected chi connectivity index (χ1v) is 5.65. The van der Waals surface area contributed by atoms with Gasteiger partial charge in [0.05, 0.1) is 11.1 Å². The van der Waals surface area contributed by atoms with E-state index in [2.05, 4.69) is 10.1 Å². The van der Waals surface area contributed by atoms with Crippen molar-refractivity contribution in [3.63, 3.8) is 0 Å². The van der Waals surface area contributed by atoms with Crippen LogP contribution in [-0.2, 0) is 7.05 Å². The number of benzene rings is 1. The molecule has 0 aliphatic heterocycles. The number of rotatable bonds is 1. The van der Waals surface area contributed by atoms with Crippen molar-refractivity contribution in [3.05, 3.63) is 59.0 Å². The monoisotopic (exact) mass is 237 g/mol. The van der Waals surface area contributed by atoms with Crippen molar-refractivity contribution in [2.45, 2.75) is 0 Å². The van der Waals surface area contributed by atoms with Crippen LogP contribution in [0.4, 0.5) is 0 Å². The Balaban J connectivity index is 2.44. The average Bonchev–Trinajstić information content (AvgIpc) is 2.44. The van der Waals surface area contributed by atoms with E-state index >= 15 is 0 Å². The van der Waals surface area contributed by atoms with Crippen LogP contribution in [-0.4, -0.2) is 14.8 Å². The van der Waals surface area contributed by atoms with Gasteiger partial charge in [-0.25, -0.2) is 4.68 Å².